The molecule has 0 saturated heterocycles. The first kappa shape index (κ1) is 13.5. The van der Waals surface area contributed by atoms with Crippen LogP contribution in [-0.2, 0) is 21.3 Å². The van der Waals surface area contributed by atoms with Crippen molar-refractivity contribution in [3.05, 3.63) is 28.2 Å². The summed E-state index contributed by atoms with van der Waals surface area (Å²) >= 11 is 3.38. The molecule has 0 bridgehead atoms. The normalized spacial score (nSPS) is 16.3. The predicted octanol–water partition coefficient (Wildman–Crippen LogP) is 1.56. The van der Waals surface area contributed by atoms with Gasteiger partial charge in [-0.2, -0.15) is 0 Å². The van der Waals surface area contributed by atoms with E-state index >= 15 is 0 Å². The third-order valence-electron chi connectivity index (χ3n) is 2.69. The molecule has 1 fully saturated rings. The molecule has 1 aliphatic carbocycles. The van der Waals surface area contributed by atoms with Crippen molar-refractivity contribution in [2.45, 2.75) is 24.6 Å². The number of nitrogen functional groups attached to an aromatic ring is 1. The van der Waals surface area contributed by atoms with E-state index in [4.69, 9.17) is 5.73 Å². The molecule has 1 aromatic carbocycles. The highest BCUT2D eigenvalue weighted by atomic mass is 79.9. The van der Waals surface area contributed by atoms with Gasteiger partial charge in [0.2, 0.25) is 5.91 Å². The summed E-state index contributed by atoms with van der Waals surface area (Å²) in [4.78, 5) is 11.5. The number of nitrogens with one attached hydrogen (secondary N) is 1. The predicted molar refractivity (Wildman–Crippen MR) is 76.4 cm³/mol. The fourth-order valence-corrected chi connectivity index (χ4v) is 3.41. The van der Waals surface area contributed by atoms with Crippen LogP contribution in [0.5, 0.6) is 0 Å². The van der Waals surface area contributed by atoms with E-state index in [9.17, 15) is 9.00 Å². The molecular weight excluding hydrogens is 316 g/mol. The van der Waals surface area contributed by atoms with Crippen molar-refractivity contribution in [1.29, 1.82) is 0 Å². The second-order valence-electron chi connectivity index (χ2n) is 4.38. The fraction of sp³-hybridized carbons (Fsp3) is 0.417. The van der Waals surface area contributed by atoms with Crippen molar-refractivity contribution < 1.29 is 9.00 Å². The number of carbonyl (C=O) groups excluding carboxylic acids is 1. The maximum atomic E-state index is 11.9. The second-order valence-corrected chi connectivity index (χ2v) is 6.69. The lowest BCUT2D eigenvalue weighted by atomic mass is 10.2. The van der Waals surface area contributed by atoms with Crippen LogP contribution in [0.2, 0.25) is 0 Å². The molecule has 1 aromatic rings. The van der Waals surface area contributed by atoms with Gasteiger partial charge in [-0.3, -0.25) is 9.00 Å². The molecule has 1 unspecified atom stereocenters. The van der Waals surface area contributed by atoms with Gasteiger partial charge in [0.25, 0.3) is 0 Å². The molecule has 1 aliphatic rings. The van der Waals surface area contributed by atoms with E-state index in [2.05, 4.69) is 21.2 Å². The zero-order valence-corrected chi connectivity index (χ0v) is 12.2. The number of nitrogens with two attached hydrogens (primary N) is 1. The van der Waals surface area contributed by atoms with Crippen molar-refractivity contribution in [2.24, 2.45) is 0 Å². The quantitative estimate of drug-likeness (QED) is 0.805. The van der Waals surface area contributed by atoms with Gasteiger partial charge in [-0.25, -0.2) is 0 Å². The topological polar surface area (TPSA) is 72.2 Å². The van der Waals surface area contributed by atoms with Gasteiger partial charge in [-0.15, -0.1) is 0 Å². The van der Waals surface area contributed by atoms with Crippen LogP contribution < -0.4 is 11.1 Å². The van der Waals surface area contributed by atoms with E-state index in [1.807, 2.05) is 12.1 Å². The number of amides is 1. The van der Waals surface area contributed by atoms with Crippen LogP contribution in [0.25, 0.3) is 0 Å². The summed E-state index contributed by atoms with van der Waals surface area (Å²) in [5.74, 6) is 0.198. The van der Waals surface area contributed by atoms with Gasteiger partial charge in [0.05, 0.1) is 5.75 Å². The van der Waals surface area contributed by atoms with Gasteiger partial charge < -0.3 is 11.1 Å². The number of hydrogen-bond acceptors (Lipinski definition) is 3. The zero-order valence-electron chi connectivity index (χ0n) is 9.82. The SMILES string of the molecule is Nc1cccc(Br)c1CS(=O)CC(=O)NC1CC1. The molecule has 2 rings (SSSR count). The highest BCUT2D eigenvalue weighted by molar-refractivity contribution is 9.10. The molecule has 0 radical (unpaired) electrons. The molecule has 1 saturated carbocycles. The highest BCUT2D eigenvalue weighted by Gasteiger charge is 2.24. The largest absolute Gasteiger partial charge is 0.398 e. The van der Waals surface area contributed by atoms with E-state index in [1.165, 1.54) is 0 Å². The molecule has 0 aromatic heterocycles. The molecule has 0 aliphatic heterocycles. The van der Waals surface area contributed by atoms with Gasteiger partial charge in [0.15, 0.2) is 0 Å². The standard InChI is InChI=1S/C12H15BrN2O2S/c13-10-2-1-3-11(14)9(10)6-18(17)7-12(16)15-8-4-5-8/h1-3,8H,4-7,14H2,(H,15,16). The molecule has 4 nitrogen and oxygen atoms in total. The summed E-state index contributed by atoms with van der Waals surface area (Å²) in [6, 6.07) is 5.75. The smallest absolute Gasteiger partial charge is 0.232 e. The minimum absolute atomic E-state index is 0.0390. The van der Waals surface area contributed by atoms with Crippen molar-refractivity contribution in [1.82, 2.24) is 5.32 Å². The third-order valence-corrected chi connectivity index (χ3v) is 4.63. The van der Waals surface area contributed by atoms with E-state index in [1.54, 1.807) is 6.07 Å². The summed E-state index contributed by atoms with van der Waals surface area (Å²) in [7, 11) is -1.23. The molecule has 18 heavy (non-hydrogen) atoms. The molecule has 6 heteroatoms. The molecule has 1 amide bonds. The molecule has 0 spiro atoms. The Labute approximate surface area is 117 Å². The monoisotopic (exact) mass is 330 g/mol. The Morgan fingerprint density at radius 2 is 2.22 bits per heavy atom. The Morgan fingerprint density at radius 3 is 2.83 bits per heavy atom. The first-order valence-electron chi connectivity index (χ1n) is 5.73. The van der Waals surface area contributed by atoms with Crippen LogP contribution >= 0.6 is 15.9 Å². The molecule has 1 atom stereocenters. The number of benzene rings is 1. The van der Waals surface area contributed by atoms with Gasteiger partial charge >= 0.3 is 0 Å². The lowest BCUT2D eigenvalue weighted by molar-refractivity contribution is -0.118. The van der Waals surface area contributed by atoms with Crippen molar-refractivity contribution in [2.75, 3.05) is 11.5 Å². The Hall–Kier alpha value is -0.880. The summed E-state index contributed by atoms with van der Waals surface area (Å²) in [5, 5.41) is 2.82. The Bertz CT molecular complexity index is 469. The molecule has 3 N–H and O–H groups in total. The van der Waals surface area contributed by atoms with E-state index < -0.39 is 10.8 Å². The zero-order chi connectivity index (χ0) is 13.1. The van der Waals surface area contributed by atoms with E-state index in [0.29, 0.717) is 17.5 Å². The van der Waals surface area contributed by atoms with Gasteiger partial charge in [-0.1, -0.05) is 22.0 Å². The highest BCUT2D eigenvalue weighted by Crippen LogP contribution is 2.24. The molecule has 98 valence electrons. The lowest BCUT2D eigenvalue weighted by Crippen LogP contribution is -2.30. The van der Waals surface area contributed by atoms with Gasteiger partial charge in [0, 0.05) is 32.6 Å². The number of halogens is 1. The third kappa shape index (κ3) is 3.81. The minimum Gasteiger partial charge on any atom is -0.398 e. The first-order chi connectivity index (χ1) is 8.56. The first-order valence-corrected chi connectivity index (χ1v) is 8.01. The maximum absolute atomic E-state index is 11.9. The Morgan fingerprint density at radius 1 is 1.50 bits per heavy atom. The summed E-state index contributed by atoms with van der Waals surface area (Å²) in [5.41, 5.74) is 7.22. The summed E-state index contributed by atoms with van der Waals surface area (Å²) in [6.45, 7) is 0. The van der Waals surface area contributed by atoms with E-state index in [-0.39, 0.29) is 11.7 Å². The van der Waals surface area contributed by atoms with Crippen molar-refractivity contribution in [3.63, 3.8) is 0 Å². The van der Waals surface area contributed by atoms with Gasteiger partial charge in [-0.05, 0) is 25.0 Å². The average Bonchev–Trinajstić information content (AvgIpc) is 3.07. The van der Waals surface area contributed by atoms with Crippen LogP contribution in [0.3, 0.4) is 0 Å². The average molecular weight is 331 g/mol. The number of hydrogen-bond donors (Lipinski definition) is 2. The van der Waals surface area contributed by atoms with Gasteiger partial charge in [0.1, 0.15) is 5.75 Å². The lowest BCUT2D eigenvalue weighted by Gasteiger charge is -2.08. The van der Waals surface area contributed by atoms with E-state index in [0.717, 1.165) is 22.9 Å². The van der Waals surface area contributed by atoms with Crippen LogP contribution in [-0.4, -0.2) is 21.9 Å². The Kier molecular flexibility index (Phi) is 4.40. The van der Waals surface area contributed by atoms with Crippen molar-refractivity contribution in [3.8, 4) is 0 Å². The van der Waals surface area contributed by atoms with Crippen LogP contribution in [0, 0.1) is 0 Å². The Balaban J connectivity index is 1.91. The number of anilines is 1. The van der Waals surface area contributed by atoms with Crippen LogP contribution in [0.4, 0.5) is 5.69 Å². The van der Waals surface area contributed by atoms with Crippen LogP contribution in [0.15, 0.2) is 22.7 Å². The summed E-state index contributed by atoms with van der Waals surface area (Å²) in [6.07, 6.45) is 2.07. The maximum Gasteiger partial charge on any atom is 0.232 e. The number of carbonyl (C=O) groups is 1. The molecular formula is C12H15BrN2O2S. The fourth-order valence-electron chi connectivity index (χ4n) is 1.58. The molecule has 0 heterocycles. The van der Waals surface area contributed by atoms with Crippen molar-refractivity contribution >= 4 is 38.3 Å². The number of rotatable bonds is 5. The summed E-state index contributed by atoms with van der Waals surface area (Å²) < 4.78 is 12.7. The minimum atomic E-state index is -1.23. The second kappa shape index (κ2) is 5.84. The van der Waals surface area contributed by atoms with Crippen LogP contribution in [0.1, 0.15) is 18.4 Å².